The van der Waals surface area contributed by atoms with Crippen molar-refractivity contribution < 1.29 is 19.3 Å². The van der Waals surface area contributed by atoms with E-state index in [0.717, 1.165) is 29.0 Å². The predicted octanol–water partition coefficient (Wildman–Crippen LogP) is 2.99. The summed E-state index contributed by atoms with van der Waals surface area (Å²) in [4.78, 5) is 4.60. The molecule has 0 saturated carbocycles. The molecule has 0 aromatic heterocycles. The average Bonchev–Trinajstić information content (AvgIpc) is 2.71. The summed E-state index contributed by atoms with van der Waals surface area (Å²) in [5, 5.41) is 16.5. The zero-order valence-corrected chi connectivity index (χ0v) is 17.6. The number of aryl methyl sites for hydroxylation is 1. The highest BCUT2D eigenvalue weighted by molar-refractivity contribution is 5.79. The predicted molar refractivity (Wildman–Crippen MR) is 115 cm³/mol. The molecular weight excluding hydrogens is 370 g/mol. The molecular formula is C22H31N3O4. The van der Waals surface area contributed by atoms with E-state index in [0.29, 0.717) is 38.0 Å². The highest BCUT2D eigenvalue weighted by Gasteiger charge is 2.07. The quantitative estimate of drug-likeness (QED) is 0.322. The van der Waals surface area contributed by atoms with Crippen LogP contribution in [0.25, 0.3) is 0 Å². The lowest BCUT2D eigenvalue weighted by molar-refractivity contribution is 0.145. The second-order valence-electron chi connectivity index (χ2n) is 6.51. The van der Waals surface area contributed by atoms with Crippen molar-refractivity contribution in [3.05, 3.63) is 53.1 Å². The van der Waals surface area contributed by atoms with Crippen molar-refractivity contribution >= 4 is 5.96 Å². The summed E-state index contributed by atoms with van der Waals surface area (Å²) in [6.45, 7) is 6.84. The van der Waals surface area contributed by atoms with Crippen LogP contribution in [-0.4, -0.2) is 45.0 Å². The first-order valence-electron chi connectivity index (χ1n) is 9.66. The Morgan fingerprint density at radius 1 is 1.03 bits per heavy atom. The van der Waals surface area contributed by atoms with Gasteiger partial charge in [0.1, 0.15) is 12.4 Å². The number of aromatic hydroxyl groups is 1. The van der Waals surface area contributed by atoms with E-state index >= 15 is 0 Å². The van der Waals surface area contributed by atoms with Crippen LogP contribution in [0.1, 0.15) is 23.6 Å². The van der Waals surface area contributed by atoms with E-state index in [2.05, 4.69) is 27.8 Å². The van der Waals surface area contributed by atoms with Gasteiger partial charge >= 0.3 is 0 Å². The second kappa shape index (κ2) is 11.8. The van der Waals surface area contributed by atoms with Gasteiger partial charge in [0.15, 0.2) is 17.5 Å². The lowest BCUT2D eigenvalue weighted by atomic mass is 10.1. The lowest BCUT2D eigenvalue weighted by Crippen LogP contribution is -2.36. The van der Waals surface area contributed by atoms with Crippen molar-refractivity contribution in [1.29, 1.82) is 0 Å². The molecule has 2 aromatic rings. The van der Waals surface area contributed by atoms with Gasteiger partial charge in [-0.2, -0.15) is 0 Å². The third-order valence-corrected chi connectivity index (χ3v) is 4.22. The molecule has 158 valence electrons. The molecule has 7 nitrogen and oxygen atoms in total. The van der Waals surface area contributed by atoms with Gasteiger partial charge in [-0.15, -0.1) is 0 Å². The van der Waals surface area contributed by atoms with E-state index in [1.165, 1.54) is 7.11 Å². The van der Waals surface area contributed by atoms with Crippen LogP contribution in [-0.2, 0) is 17.8 Å². The molecule has 7 heteroatoms. The molecule has 0 fully saturated rings. The third-order valence-electron chi connectivity index (χ3n) is 4.22. The van der Waals surface area contributed by atoms with Crippen LogP contribution in [0, 0.1) is 6.92 Å². The number of phenolic OH excluding ortho intramolecular Hbond substituents is 1. The Bertz CT molecular complexity index is 809. The summed E-state index contributed by atoms with van der Waals surface area (Å²) in [5.41, 5.74) is 3.07. The number of aliphatic imine (C=N–C) groups is 1. The SMILES string of the molecule is CCNC(=NCc1ccc(OC)c(O)c1)NCc1ccc(C)cc1OCCOC. The van der Waals surface area contributed by atoms with Gasteiger partial charge in [-0.25, -0.2) is 4.99 Å². The molecule has 0 aliphatic heterocycles. The van der Waals surface area contributed by atoms with Gasteiger partial charge in [0.2, 0.25) is 0 Å². The number of nitrogens with one attached hydrogen (secondary N) is 2. The molecule has 0 saturated heterocycles. The minimum atomic E-state index is 0.107. The summed E-state index contributed by atoms with van der Waals surface area (Å²) in [6.07, 6.45) is 0. The Labute approximate surface area is 172 Å². The molecule has 0 aliphatic carbocycles. The first-order chi connectivity index (χ1) is 14.1. The van der Waals surface area contributed by atoms with Gasteiger partial charge in [-0.3, -0.25) is 0 Å². The average molecular weight is 402 g/mol. The lowest BCUT2D eigenvalue weighted by Gasteiger charge is -2.15. The topological polar surface area (TPSA) is 84.3 Å². The summed E-state index contributed by atoms with van der Waals surface area (Å²) in [5.74, 6) is 2.08. The highest BCUT2D eigenvalue weighted by atomic mass is 16.5. The van der Waals surface area contributed by atoms with Crippen LogP contribution in [0.5, 0.6) is 17.2 Å². The van der Waals surface area contributed by atoms with Crippen LogP contribution in [0.2, 0.25) is 0 Å². The van der Waals surface area contributed by atoms with Crippen molar-refractivity contribution in [3.8, 4) is 17.2 Å². The van der Waals surface area contributed by atoms with Crippen LogP contribution in [0.3, 0.4) is 0 Å². The van der Waals surface area contributed by atoms with Crippen LogP contribution >= 0.6 is 0 Å². The number of benzene rings is 2. The molecule has 0 atom stereocenters. The Morgan fingerprint density at radius 2 is 1.86 bits per heavy atom. The molecule has 0 aliphatic rings. The van der Waals surface area contributed by atoms with Gasteiger partial charge < -0.3 is 30.0 Å². The van der Waals surface area contributed by atoms with Gasteiger partial charge in [-0.05, 0) is 43.2 Å². The molecule has 2 aromatic carbocycles. The molecule has 3 N–H and O–H groups in total. The Morgan fingerprint density at radius 3 is 2.55 bits per heavy atom. The van der Waals surface area contributed by atoms with Crippen molar-refractivity contribution in [2.45, 2.75) is 26.9 Å². The first kappa shape index (κ1) is 22.4. The molecule has 0 heterocycles. The van der Waals surface area contributed by atoms with Crippen LogP contribution in [0.4, 0.5) is 0 Å². The summed E-state index contributed by atoms with van der Waals surface area (Å²) in [6, 6.07) is 11.4. The number of hydrogen-bond donors (Lipinski definition) is 3. The van der Waals surface area contributed by atoms with Crippen molar-refractivity contribution in [2.24, 2.45) is 4.99 Å². The Balaban J connectivity index is 2.05. The standard InChI is InChI=1S/C22H31N3O4/c1-5-23-22(24-14-17-7-9-20(28-4)19(26)13-17)25-15-18-8-6-16(2)12-21(18)29-11-10-27-3/h6-9,12-13,26H,5,10-11,14-15H2,1-4H3,(H2,23,24,25). The molecule has 0 unspecified atom stereocenters. The maximum absolute atomic E-state index is 9.93. The summed E-state index contributed by atoms with van der Waals surface area (Å²) < 4.78 is 16.0. The number of rotatable bonds is 10. The summed E-state index contributed by atoms with van der Waals surface area (Å²) >= 11 is 0. The van der Waals surface area contributed by atoms with E-state index in [1.54, 1.807) is 19.2 Å². The Kier molecular flexibility index (Phi) is 9.11. The fourth-order valence-electron chi connectivity index (χ4n) is 2.70. The van der Waals surface area contributed by atoms with E-state index < -0.39 is 0 Å². The maximum Gasteiger partial charge on any atom is 0.191 e. The first-order valence-corrected chi connectivity index (χ1v) is 9.66. The largest absolute Gasteiger partial charge is 0.504 e. The van der Waals surface area contributed by atoms with E-state index in [1.807, 2.05) is 26.0 Å². The number of phenols is 1. The number of guanidine groups is 1. The monoisotopic (exact) mass is 401 g/mol. The number of ether oxygens (including phenoxy) is 3. The zero-order valence-electron chi connectivity index (χ0n) is 17.6. The van der Waals surface area contributed by atoms with Gasteiger partial charge in [0, 0.05) is 25.8 Å². The molecule has 29 heavy (non-hydrogen) atoms. The Hall–Kier alpha value is -2.93. The van der Waals surface area contributed by atoms with Gasteiger partial charge in [-0.1, -0.05) is 18.2 Å². The van der Waals surface area contributed by atoms with Gasteiger partial charge in [0.25, 0.3) is 0 Å². The second-order valence-corrected chi connectivity index (χ2v) is 6.51. The smallest absolute Gasteiger partial charge is 0.191 e. The van der Waals surface area contributed by atoms with Gasteiger partial charge in [0.05, 0.1) is 20.3 Å². The normalized spacial score (nSPS) is 11.2. The third kappa shape index (κ3) is 7.19. The molecule has 0 spiro atoms. The number of methoxy groups -OCH3 is 2. The number of hydrogen-bond acceptors (Lipinski definition) is 5. The van der Waals surface area contributed by atoms with E-state index in [9.17, 15) is 5.11 Å². The van der Waals surface area contributed by atoms with E-state index in [-0.39, 0.29) is 5.75 Å². The van der Waals surface area contributed by atoms with Crippen LogP contribution in [0.15, 0.2) is 41.4 Å². The molecule has 0 amide bonds. The van der Waals surface area contributed by atoms with E-state index in [4.69, 9.17) is 14.2 Å². The van der Waals surface area contributed by atoms with Crippen molar-refractivity contribution in [1.82, 2.24) is 10.6 Å². The zero-order chi connectivity index (χ0) is 21.1. The highest BCUT2D eigenvalue weighted by Crippen LogP contribution is 2.26. The molecule has 0 radical (unpaired) electrons. The maximum atomic E-state index is 9.93. The van der Waals surface area contributed by atoms with Crippen LogP contribution < -0.4 is 20.1 Å². The molecule has 2 rings (SSSR count). The van der Waals surface area contributed by atoms with Crippen molar-refractivity contribution in [3.63, 3.8) is 0 Å². The number of nitrogens with zero attached hydrogens (tertiary/aromatic N) is 1. The minimum Gasteiger partial charge on any atom is -0.504 e. The fourth-order valence-corrected chi connectivity index (χ4v) is 2.70. The minimum absolute atomic E-state index is 0.107. The summed E-state index contributed by atoms with van der Waals surface area (Å²) in [7, 11) is 3.18. The van der Waals surface area contributed by atoms with Crippen molar-refractivity contribution in [2.75, 3.05) is 34.0 Å². The molecule has 0 bridgehead atoms. The fraction of sp³-hybridized carbons (Fsp3) is 0.409.